The van der Waals surface area contributed by atoms with Crippen LogP contribution in [0.2, 0.25) is 0 Å². The molecule has 0 radical (unpaired) electrons. The maximum atomic E-state index is 5.52. The van der Waals surface area contributed by atoms with Gasteiger partial charge in [-0.15, -0.1) is 0 Å². The minimum Gasteiger partial charge on any atom is -0.330 e. The van der Waals surface area contributed by atoms with Crippen LogP contribution in [-0.2, 0) is 0 Å². The van der Waals surface area contributed by atoms with Gasteiger partial charge in [-0.1, -0.05) is 0 Å². The van der Waals surface area contributed by atoms with Crippen molar-refractivity contribution in [3.05, 3.63) is 0 Å². The van der Waals surface area contributed by atoms with Crippen LogP contribution in [-0.4, -0.2) is 32.1 Å². The van der Waals surface area contributed by atoms with Gasteiger partial charge in [-0.2, -0.15) is 0 Å². The fraction of sp³-hybridized carbons (Fsp3) is 1.00. The standard InChI is InChI=1S/C8H18N2/c1-10(2)4-3-7-5-8(7)6-9/h7-8H,3-6,9H2,1-2H3. The number of hydrogen-bond acceptors (Lipinski definition) is 2. The van der Waals surface area contributed by atoms with E-state index >= 15 is 0 Å². The first-order chi connectivity index (χ1) is 4.74. The van der Waals surface area contributed by atoms with Crippen LogP contribution in [0.15, 0.2) is 0 Å². The van der Waals surface area contributed by atoms with E-state index in [1.807, 2.05) is 0 Å². The van der Waals surface area contributed by atoms with Crippen LogP contribution < -0.4 is 5.73 Å². The molecule has 2 nitrogen and oxygen atoms in total. The van der Waals surface area contributed by atoms with Crippen LogP contribution in [0.1, 0.15) is 12.8 Å². The summed E-state index contributed by atoms with van der Waals surface area (Å²) in [5.74, 6) is 1.81. The van der Waals surface area contributed by atoms with Crippen molar-refractivity contribution in [1.29, 1.82) is 0 Å². The zero-order valence-corrected chi connectivity index (χ0v) is 7.01. The molecule has 60 valence electrons. The SMILES string of the molecule is CN(C)CCC1CC1CN. The monoisotopic (exact) mass is 142 g/mol. The van der Waals surface area contributed by atoms with Crippen LogP contribution in [0.3, 0.4) is 0 Å². The highest BCUT2D eigenvalue weighted by Gasteiger charge is 2.34. The summed E-state index contributed by atoms with van der Waals surface area (Å²) in [5.41, 5.74) is 5.52. The molecule has 0 aromatic rings. The fourth-order valence-corrected chi connectivity index (χ4v) is 1.38. The normalized spacial score (nSPS) is 31.2. The van der Waals surface area contributed by atoms with Gasteiger partial charge in [0.25, 0.3) is 0 Å². The van der Waals surface area contributed by atoms with Crippen molar-refractivity contribution in [3.63, 3.8) is 0 Å². The Kier molecular flexibility index (Phi) is 2.69. The Morgan fingerprint density at radius 1 is 1.40 bits per heavy atom. The lowest BCUT2D eigenvalue weighted by Crippen LogP contribution is -2.14. The van der Waals surface area contributed by atoms with Crippen LogP contribution >= 0.6 is 0 Å². The lowest BCUT2D eigenvalue weighted by Gasteiger charge is -2.07. The third kappa shape index (κ3) is 2.27. The molecule has 2 heteroatoms. The quantitative estimate of drug-likeness (QED) is 0.620. The van der Waals surface area contributed by atoms with E-state index in [1.165, 1.54) is 19.4 Å². The van der Waals surface area contributed by atoms with Gasteiger partial charge in [-0.3, -0.25) is 0 Å². The summed E-state index contributed by atoms with van der Waals surface area (Å²) in [5, 5.41) is 0. The topological polar surface area (TPSA) is 29.3 Å². The summed E-state index contributed by atoms with van der Waals surface area (Å²) in [6.45, 7) is 2.12. The average molecular weight is 142 g/mol. The maximum absolute atomic E-state index is 5.52. The highest BCUT2D eigenvalue weighted by molar-refractivity contribution is 4.86. The van der Waals surface area contributed by atoms with E-state index in [-0.39, 0.29) is 0 Å². The maximum Gasteiger partial charge on any atom is -0.00221 e. The first-order valence-corrected chi connectivity index (χ1v) is 4.09. The van der Waals surface area contributed by atoms with Gasteiger partial charge in [0.15, 0.2) is 0 Å². The van der Waals surface area contributed by atoms with Crippen LogP contribution in [0, 0.1) is 11.8 Å². The second-order valence-corrected chi connectivity index (χ2v) is 3.58. The molecule has 0 spiro atoms. The molecule has 2 unspecified atom stereocenters. The van der Waals surface area contributed by atoms with Gasteiger partial charge >= 0.3 is 0 Å². The minimum absolute atomic E-state index is 0.861. The van der Waals surface area contributed by atoms with Gasteiger partial charge in [-0.05, 0) is 51.9 Å². The predicted octanol–water partition coefficient (Wildman–Crippen LogP) is 0.533. The van der Waals surface area contributed by atoms with Crippen LogP contribution in [0.4, 0.5) is 0 Å². The summed E-state index contributed by atoms with van der Waals surface area (Å²) >= 11 is 0. The van der Waals surface area contributed by atoms with Crippen molar-refractivity contribution >= 4 is 0 Å². The molecule has 2 atom stereocenters. The number of rotatable bonds is 4. The lowest BCUT2D eigenvalue weighted by atomic mass is 10.2. The molecule has 0 heterocycles. The Bertz CT molecular complexity index is 101. The molecule has 2 N–H and O–H groups in total. The van der Waals surface area contributed by atoms with E-state index in [0.717, 1.165) is 18.4 Å². The molecule has 1 rings (SSSR count). The van der Waals surface area contributed by atoms with Gasteiger partial charge in [0.1, 0.15) is 0 Å². The number of nitrogens with two attached hydrogens (primary N) is 1. The molecule has 0 amide bonds. The van der Waals surface area contributed by atoms with Gasteiger partial charge in [0, 0.05) is 0 Å². The van der Waals surface area contributed by atoms with Gasteiger partial charge in [-0.25, -0.2) is 0 Å². The Morgan fingerprint density at radius 2 is 2.10 bits per heavy atom. The van der Waals surface area contributed by atoms with E-state index in [9.17, 15) is 0 Å². The molecule has 1 saturated carbocycles. The minimum atomic E-state index is 0.861. The molecular weight excluding hydrogens is 124 g/mol. The molecule has 1 aliphatic rings. The Hall–Kier alpha value is -0.0800. The van der Waals surface area contributed by atoms with Crippen molar-refractivity contribution in [2.24, 2.45) is 17.6 Å². The number of nitrogens with zero attached hydrogens (tertiary/aromatic N) is 1. The Morgan fingerprint density at radius 3 is 2.50 bits per heavy atom. The smallest absolute Gasteiger partial charge is 0.00221 e. The van der Waals surface area contributed by atoms with Gasteiger partial charge in [0.2, 0.25) is 0 Å². The predicted molar refractivity (Wildman–Crippen MR) is 43.8 cm³/mol. The zero-order chi connectivity index (χ0) is 7.56. The third-order valence-electron chi connectivity index (χ3n) is 2.32. The van der Waals surface area contributed by atoms with Gasteiger partial charge in [0.05, 0.1) is 0 Å². The van der Waals surface area contributed by atoms with Crippen molar-refractivity contribution in [1.82, 2.24) is 4.90 Å². The highest BCUT2D eigenvalue weighted by Crippen LogP contribution is 2.39. The molecule has 1 fully saturated rings. The highest BCUT2D eigenvalue weighted by atomic mass is 15.0. The van der Waals surface area contributed by atoms with E-state index in [4.69, 9.17) is 5.73 Å². The fourth-order valence-electron chi connectivity index (χ4n) is 1.38. The molecular formula is C8H18N2. The first kappa shape index (κ1) is 8.02. The zero-order valence-electron chi connectivity index (χ0n) is 7.01. The Balaban J connectivity index is 1.96. The second kappa shape index (κ2) is 3.35. The number of hydrogen-bond donors (Lipinski definition) is 1. The summed E-state index contributed by atoms with van der Waals surface area (Å²) < 4.78 is 0. The Labute approximate surface area is 63.4 Å². The molecule has 0 saturated heterocycles. The molecule has 1 aliphatic carbocycles. The van der Waals surface area contributed by atoms with Crippen molar-refractivity contribution < 1.29 is 0 Å². The molecule has 10 heavy (non-hydrogen) atoms. The lowest BCUT2D eigenvalue weighted by molar-refractivity contribution is 0.384. The van der Waals surface area contributed by atoms with Crippen LogP contribution in [0.25, 0.3) is 0 Å². The molecule has 0 aromatic carbocycles. The van der Waals surface area contributed by atoms with Crippen molar-refractivity contribution in [3.8, 4) is 0 Å². The summed E-state index contributed by atoms with van der Waals surface area (Å²) in [7, 11) is 4.25. The first-order valence-electron chi connectivity index (χ1n) is 4.09. The molecule has 0 bridgehead atoms. The average Bonchev–Trinajstić information content (AvgIpc) is 2.61. The van der Waals surface area contributed by atoms with E-state index in [0.29, 0.717) is 0 Å². The van der Waals surface area contributed by atoms with E-state index in [2.05, 4.69) is 19.0 Å². The van der Waals surface area contributed by atoms with Gasteiger partial charge < -0.3 is 10.6 Å². The molecule has 0 aromatic heterocycles. The second-order valence-electron chi connectivity index (χ2n) is 3.58. The summed E-state index contributed by atoms with van der Waals surface area (Å²) in [6, 6.07) is 0. The van der Waals surface area contributed by atoms with E-state index in [1.54, 1.807) is 0 Å². The summed E-state index contributed by atoms with van der Waals surface area (Å²) in [6.07, 6.45) is 2.72. The summed E-state index contributed by atoms with van der Waals surface area (Å²) in [4.78, 5) is 2.24. The largest absolute Gasteiger partial charge is 0.330 e. The van der Waals surface area contributed by atoms with Crippen molar-refractivity contribution in [2.75, 3.05) is 27.2 Å². The van der Waals surface area contributed by atoms with Crippen LogP contribution in [0.5, 0.6) is 0 Å². The van der Waals surface area contributed by atoms with E-state index < -0.39 is 0 Å². The van der Waals surface area contributed by atoms with Crippen molar-refractivity contribution in [2.45, 2.75) is 12.8 Å². The molecule has 0 aliphatic heterocycles. The third-order valence-corrected chi connectivity index (χ3v) is 2.32.